The van der Waals surface area contributed by atoms with E-state index in [1.165, 1.54) is 5.56 Å². The first-order valence-corrected chi connectivity index (χ1v) is 9.02. The Kier molecular flexibility index (Phi) is 4.17. The first-order chi connectivity index (χ1) is 12.4. The Morgan fingerprint density at radius 3 is 2.58 bits per heavy atom. The van der Waals surface area contributed by atoms with Crippen LogP contribution >= 0.6 is 0 Å². The highest BCUT2D eigenvalue weighted by Crippen LogP contribution is 2.41. The quantitative estimate of drug-likeness (QED) is 0.572. The molecule has 136 valence electrons. The van der Waals surface area contributed by atoms with E-state index < -0.39 is 5.92 Å². The number of ether oxygens (including phenoxy) is 1. The lowest BCUT2D eigenvalue weighted by Crippen LogP contribution is -2.24. The highest BCUT2D eigenvalue weighted by molar-refractivity contribution is 5.61. The Balaban J connectivity index is 1.66. The third kappa shape index (κ3) is 3.06. The van der Waals surface area contributed by atoms with Gasteiger partial charge in [-0.15, -0.1) is 0 Å². The first-order valence-electron chi connectivity index (χ1n) is 9.02. The highest BCUT2D eigenvalue weighted by Gasteiger charge is 2.36. The van der Waals surface area contributed by atoms with Gasteiger partial charge >= 0.3 is 0 Å². The molecule has 0 amide bonds. The largest absolute Gasteiger partial charge is 0.455 e. The molecule has 2 heterocycles. The Morgan fingerprint density at radius 2 is 1.81 bits per heavy atom. The molecule has 1 aliphatic carbocycles. The first kappa shape index (κ1) is 17.0. The van der Waals surface area contributed by atoms with Gasteiger partial charge in [0.05, 0.1) is 6.20 Å². The van der Waals surface area contributed by atoms with Crippen LogP contribution in [0.25, 0.3) is 5.52 Å². The molecule has 1 saturated carbocycles. The van der Waals surface area contributed by atoms with Gasteiger partial charge in [-0.25, -0.2) is 13.8 Å². The summed E-state index contributed by atoms with van der Waals surface area (Å²) < 4.78 is 35.1. The van der Waals surface area contributed by atoms with Gasteiger partial charge in [-0.2, -0.15) is 0 Å². The molecule has 0 radical (unpaired) electrons. The summed E-state index contributed by atoms with van der Waals surface area (Å²) in [6.07, 6.45) is 4.52. The molecule has 3 aromatic rings. The molecular weight excluding hydrogens is 334 g/mol. The lowest BCUT2D eigenvalue weighted by atomic mass is 9.86. The number of imidazole rings is 1. The van der Waals surface area contributed by atoms with Crippen LogP contribution in [0.2, 0.25) is 0 Å². The van der Waals surface area contributed by atoms with E-state index >= 15 is 0 Å². The maximum Gasteiger partial charge on any atom is 0.248 e. The summed E-state index contributed by atoms with van der Waals surface area (Å²) in [5.74, 6) is -0.0742. The van der Waals surface area contributed by atoms with Gasteiger partial charge < -0.3 is 9.14 Å². The zero-order chi connectivity index (χ0) is 18.3. The number of alkyl halides is 2. The molecule has 5 heteroatoms. The fourth-order valence-electron chi connectivity index (χ4n) is 3.66. The zero-order valence-corrected chi connectivity index (χ0v) is 15.0. The van der Waals surface area contributed by atoms with Crippen LogP contribution in [0.5, 0.6) is 11.5 Å². The van der Waals surface area contributed by atoms with Gasteiger partial charge in [-0.3, -0.25) is 0 Å². The molecule has 1 aliphatic rings. The van der Waals surface area contributed by atoms with Crippen LogP contribution < -0.4 is 4.74 Å². The molecule has 0 bridgehead atoms. The molecular formula is C21H22F2N2O. The van der Waals surface area contributed by atoms with E-state index in [2.05, 4.69) is 18.0 Å². The average Bonchev–Trinajstić information content (AvgIpc) is 3.04. The predicted octanol–water partition coefficient (Wildman–Crippen LogP) is 6.04. The Labute approximate surface area is 151 Å². The molecule has 0 N–H and O–H groups in total. The maximum absolute atomic E-state index is 13.5. The van der Waals surface area contributed by atoms with E-state index in [-0.39, 0.29) is 18.8 Å². The molecule has 0 atom stereocenters. The molecule has 0 aliphatic heterocycles. The third-order valence-electron chi connectivity index (χ3n) is 5.42. The van der Waals surface area contributed by atoms with Gasteiger partial charge in [0.25, 0.3) is 0 Å². The molecule has 4 rings (SSSR count). The van der Waals surface area contributed by atoms with Crippen LogP contribution in [-0.2, 0) is 0 Å². The van der Waals surface area contributed by atoms with E-state index in [4.69, 9.17) is 4.74 Å². The Hall–Kier alpha value is -2.43. The molecule has 1 fully saturated rings. The molecule has 0 spiro atoms. The van der Waals surface area contributed by atoms with Crippen molar-refractivity contribution >= 4 is 5.52 Å². The number of aromatic nitrogens is 2. The van der Waals surface area contributed by atoms with Gasteiger partial charge in [0.1, 0.15) is 17.1 Å². The van der Waals surface area contributed by atoms with Crippen molar-refractivity contribution in [2.75, 3.05) is 0 Å². The number of pyridine rings is 1. The fourth-order valence-corrected chi connectivity index (χ4v) is 3.66. The standard InChI is InChI=1S/C21H22F2N2O/c1-14-5-3-6-18(15(14)2)26-19-7-4-12-25-17(19)13-24-20(25)16-8-10-21(22,23)11-9-16/h3-7,12-13,16H,8-11H2,1-2H3. The van der Waals surface area contributed by atoms with Crippen molar-refractivity contribution in [1.82, 2.24) is 9.38 Å². The van der Waals surface area contributed by atoms with Crippen molar-refractivity contribution in [3.63, 3.8) is 0 Å². The normalized spacial score (nSPS) is 17.5. The van der Waals surface area contributed by atoms with Gasteiger partial charge in [-0.05, 0) is 56.0 Å². The predicted molar refractivity (Wildman–Crippen MR) is 97.3 cm³/mol. The van der Waals surface area contributed by atoms with E-state index in [1.807, 2.05) is 41.8 Å². The van der Waals surface area contributed by atoms with Crippen molar-refractivity contribution in [2.24, 2.45) is 0 Å². The number of nitrogens with zero attached hydrogens (tertiary/aromatic N) is 2. The SMILES string of the molecule is Cc1cccc(Oc2cccn3c(C4CCC(F)(F)CC4)ncc23)c1C. The maximum atomic E-state index is 13.5. The van der Waals surface area contributed by atoms with Crippen molar-refractivity contribution in [2.45, 2.75) is 51.4 Å². The minimum Gasteiger partial charge on any atom is -0.455 e. The molecule has 0 unspecified atom stereocenters. The van der Waals surface area contributed by atoms with Gasteiger partial charge in [0.2, 0.25) is 5.92 Å². The minimum absolute atomic E-state index is 0.0630. The Bertz CT molecular complexity index is 938. The number of hydrogen-bond donors (Lipinski definition) is 0. The molecule has 2 aromatic heterocycles. The second-order valence-electron chi connectivity index (χ2n) is 7.17. The third-order valence-corrected chi connectivity index (χ3v) is 5.42. The minimum atomic E-state index is -2.53. The zero-order valence-electron chi connectivity index (χ0n) is 15.0. The van der Waals surface area contributed by atoms with E-state index in [9.17, 15) is 8.78 Å². The van der Waals surface area contributed by atoms with Crippen LogP contribution in [0.1, 0.15) is 48.6 Å². The summed E-state index contributed by atoms with van der Waals surface area (Å²) in [5.41, 5.74) is 3.14. The number of fused-ring (bicyclic) bond motifs is 1. The molecule has 0 saturated heterocycles. The van der Waals surface area contributed by atoms with Crippen LogP contribution in [0, 0.1) is 13.8 Å². The van der Waals surface area contributed by atoms with Gasteiger partial charge in [0, 0.05) is 25.0 Å². The fraction of sp³-hybridized carbons (Fsp3) is 0.381. The number of hydrogen-bond acceptors (Lipinski definition) is 2. The second kappa shape index (κ2) is 6.38. The Morgan fingerprint density at radius 1 is 1.08 bits per heavy atom. The lowest BCUT2D eigenvalue weighted by molar-refractivity contribution is -0.0388. The summed E-state index contributed by atoms with van der Waals surface area (Å²) >= 11 is 0. The monoisotopic (exact) mass is 356 g/mol. The van der Waals surface area contributed by atoms with Crippen LogP contribution in [-0.4, -0.2) is 15.3 Å². The smallest absolute Gasteiger partial charge is 0.248 e. The van der Waals surface area contributed by atoms with Crippen molar-refractivity contribution in [1.29, 1.82) is 0 Å². The van der Waals surface area contributed by atoms with Crippen molar-refractivity contribution < 1.29 is 13.5 Å². The van der Waals surface area contributed by atoms with Crippen LogP contribution in [0.3, 0.4) is 0 Å². The summed E-state index contributed by atoms with van der Waals surface area (Å²) in [4.78, 5) is 4.55. The topological polar surface area (TPSA) is 26.5 Å². The highest BCUT2D eigenvalue weighted by atomic mass is 19.3. The van der Waals surface area contributed by atoms with Crippen molar-refractivity contribution in [3.05, 3.63) is 59.7 Å². The number of aryl methyl sites for hydroxylation is 1. The van der Waals surface area contributed by atoms with Gasteiger partial charge in [-0.1, -0.05) is 12.1 Å². The second-order valence-corrected chi connectivity index (χ2v) is 7.17. The molecule has 3 nitrogen and oxygen atoms in total. The lowest BCUT2D eigenvalue weighted by Gasteiger charge is -2.27. The van der Waals surface area contributed by atoms with Gasteiger partial charge in [0.15, 0.2) is 5.75 Å². The summed E-state index contributed by atoms with van der Waals surface area (Å²) in [6.45, 7) is 4.09. The molecule has 26 heavy (non-hydrogen) atoms. The van der Waals surface area contributed by atoms with E-state index in [1.54, 1.807) is 6.20 Å². The van der Waals surface area contributed by atoms with E-state index in [0.29, 0.717) is 12.8 Å². The van der Waals surface area contributed by atoms with E-state index in [0.717, 1.165) is 28.4 Å². The number of halogens is 2. The average molecular weight is 356 g/mol. The van der Waals surface area contributed by atoms with Crippen molar-refractivity contribution in [3.8, 4) is 11.5 Å². The summed E-state index contributed by atoms with van der Waals surface area (Å²) in [7, 11) is 0. The summed E-state index contributed by atoms with van der Waals surface area (Å²) in [5, 5.41) is 0. The molecule has 1 aromatic carbocycles. The van der Waals surface area contributed by atoms with Crippen LogP contribution in [0.4, 0.5) is 8.78 Å². The number of benzene rings is 1. The number of rotatable bonds is 3. The summed E-state index contributed by atoms with van der Waals surface area (Å²) in [6, 6.07) is 9.81. The van der Waals surface area contributed by atoms with Crippen LogP contribution in [0.15, 0.2) is 42.7 Å².